The van der Waals surface area contributed by atoms with E-state index in [-0.39, 0.29) is 0 Å². The van der Waals surface area contributed by atoms with Gasteiger partial charge in [0.05, 0.1) is 17.1 Å². The van der Waals surface area contributed by atoms with Crippen molar-refractivity contribution in [2.75, 3.05) is 7.11 Å². The standard InChI is InChI=1S/C10H10BrNO3/c1-15-9-8(11)7(10(13)14)5-3-2-4-6(5)12-9/h2-4H2,1H3,(H,13,14). The van der Waals surface area contributed by atoms with Crippen LogP contribution in [0, 0.1) is 0 Å². The largest absolute Gasteiger partial charge is 0.480 e. The quantitative estimate of drug-likeness (QED) is 0.895. The van der Waals surface area contributed by atoms with Crippen molar-refractivity contribution < 1.29 is 14.6 Å². The first kappa shape index (κ1) is 10.4. The van der Waals surface area contributed by atoms with Gasteiger partial charge in [0, 0.05) is 5.69 Å². The van der Waals surface area contributed by atoms with Crippen molar-refractivity contribution in [2.24, 2.45) is 0 Å². The number of carboxylic acid groups (broad SMARTS) is 1. The number of fused-ring (bicyclic) bond motifs is 1. The zero-order chi connectivity index (χ0) is 11.0. The summed E-state index contributed by atoms with van der Waals surface area (Å²) in [6.07, 6.45) is 2.58. The molecule has 1 aromatic heterocycles. The van der Waals surface area contributed by atoms with E-state index in [0.717, 1.165) is 30.5 Å². The van der Waals surface area contributed by atoms with Crippen molar-refractivity contribution in [3.63, 3.8) is 0 Å². The van der Waals surface area contributed by atoms with Crippen LogP contribution in [0.15, 0.2) is 4.47 Å². The molecule has 1 aliphatic carbocycles. The lowest BCUT2D eigenvalue weighted by Gasteiger charge is -2.10. The molecule has 0 atom stereocenters. The second-order valence-electron chi connectivity index (χ2n) is 3.39. The van der Waals surface area contributed by atoms with Gasteiger partial charge in [-0.3, -0.25) is 0 Å². The molecule has 0 saturated carbocycles. The summed E-state index contributed by atoms with van der Waals surface area (Å²) in [5.74, 6) is -0.575. The average molecular weight is 272 g/mol. The predicted molar refractivity (Wildman–Crippen MR) is 57.5 cm³/mol. The number of nitrogens with zero attached hydrogens (tertiary/aromatic N) is 1. The Bertz CT molecular complexity index is 430. The normalized spacial score (nSPS) is 13.7. The summed E-state index contributed by atoms with van der Waals surface area (Å²) >= 11 is 3.23. The Balaban J connectivity index is 2.69. The molecule has 0 saturated heterocycles. The summed E-state index contributed by atoms with van der Waals surface area (Å²) in [7, 11) is 1.49. The van der Waals surface area contributed by atoms with Crippen LogP contribution in [0.1, 0.15) is 28.0 Å². The summed E-state index contributed by atoms with van der Waals surface area (Å²) in [4.78, 5) is 15.4. The van der Waals surface area contributed by atoms with E-state index in [1.807, 2.05) is 0 Å². The molecule has 4 nitrogen and oxygen atoms in total. The molecule has 0 amide bonds. The van der Waals surface area contributed by atoms with E-state index in [1.54, 1.807) is 0 Å². The number of ether oxygens (including phenoxy) is 1. The first-order valence-corrected chi connectivity index (χ1v) is 5.43. The smallest absolute Gasteiger partial charge is 0.337 e. The summed E-state index contributed by atoms with van der Waals surface area (Å²) in [5, 5.41) is 9.14. The van der Waals surface area contributed by atoms with Gasteiger partial charge in [-0.25, -0.2) is 9.78 Å². The van der Waals surface area contributed by atoms with Gasteiger partial charge in [-0.05, 0) is 40.8 Å². The molecule has 0 spiro atoms. The Hall–Kier alpha value is -1.10. The van der Waals surface area contributed by atoms with Gasteiger partial charge in [0.25, 0.3) is 0 Å². The maximum Gasteiger partial charge on any atom is 0.337 e. The zero-order valence-electron chi connectivity index (χ0n) is 8.21. The molecule has 0 aliphatic heterocycles. The van der Waals surface area contributed by atoms with E-state index >= 15 is 0 Å². The topological polar surface area (TPSA) is 59.4 Å². The van der Waals surface area contributed by atoms with E-state index in [9.17, 15) is 4.79 Å². The molecule has 1 N–H and O–H groups in total. The number of hydrogen-bond acceptors (Lipinski definition) is 3. The van der Waals surface area contributed by atoms with Crippen LogP contribution in [0.25, 0.3) is 0 Å². The minimum atomic E-state index is -0.930. The van der Waals surface area contributed by atoms with Crippen LogP contribution in [0.3, 0.4) is 0 Å². The molecule has 15 heavy (non-hydrogen) atoms. The number of carboxylic acids is 1. The minimum Gasteiger partial charge on any atom is -0.480 e. The van der Waals surface area contributed by atoms with Gasteiger partial charge in [0.2, 0.25) is 5.88 Å². The maximum absolute atomic E-state index is 11.1. The number of aromatic nitrogens is 1. The van der Waals surface area contributed by atoms with Crippen LogP contribution in [-0.2, 0) is 12.8 Å². The lowest BCUT2D eigenvalue weighted by Crippen LogP contribution is -2.07. The van der Waals surface area contributed by atoms with Gasteiger partial charge in [0.15, 0.2) is 0 Å². The summed E-state index contributed by atoms with van der Waals surface area (Å²) in [5.41, 5.74) is 2.00. The van der Waals surface area contributed by atoms with Crippen LogP contribution in [0.2, 0.25) is 0 Å². The lowest BCUT2D eigenvalue weighted by atomic mass is 10.1. The molecule has 1 aromatic rings. The first-order chi connectivity index (χ1) is 7.15. The van der Waals surface area contributed by atoms with E-state index in [2.05, 4.69) is 20.9 Å². The molecule has 80 valence electrons. The van der Waals surface area contributed by atoms with E-state index in [0.29, 0.717) is 15.9 Å². The number of aromatic carboxylic acids is 1. The maximum atomic E-state index is 11.1. The molecule has 0 radical (unpaired) electrons. The number of carbonyl (C=O) groups is 1. The van der Waals surface area contributed by atoms with Gasteiger partial charge in [-0.1, -0.05) is 0 Å². The fourth-order valence-electron chi connectivity index (χ4n) is 1.89. The molecule has 0 bridgehead atoms. The fourth-order valence-corrected chi connectivity index (χ4v) is 2.55. The lowest BCUT2D eigenvalue weighted by molar-refractivity contribution is 0.0694. The second-order valence-corrected chi connectivity index (χ2v) is 4.19. The highest BCUT2D eigenvalue weighted by Gasteiger charge is 2.26. The summed E-state index contributed by atoms with van der Waals surface area (Å²) in [6, 6.07) is 0. The predicted octanol–water partition coefficient (Wildman–Crippen LogP) is 2.04. The third kappa shape index (κ3) is 1.61. The summed E-state index contributed by atoms with van der Waals surface area (Å²) in [6.45, 7) is 0. The van der Waals surface area contributed by atoms with Crippen LogP contribution >= 0.6 is 15.9 Å². The number of aryl methyl sites for hydroxylation is 1. The number of rotatable bonds is 2. The van der Waals surface area contributed by atoms with Crippen molar-refractivity contribution in [3.05, 3.63) is 21.3 Å². The third-order valence-corrected chi connectivity index (χ3v) is 3.28. The van der Waals surface area contributed by atoms with Crippen molar-refractivity contribution >= 4 is 21.9 Å². The highest BCUT2D eigenvalue weighted by atomic mass is 79.9. The number of pyridine rings is 1. The molecule has 0 aromatic carbocycles. The van der Waals surface area contributed by atoms with Gasteiger partial charge in [0.1, 0.15) is 0 Å². The molecule has 0 fully saturated rings. The average Bonchev–Trinajstić information content (AvgIpc) is 2.63. The van der Waals surface area contributed by atoms with Gasteiger partial charge in [-0.15, -0.1) is 0 Å². The van der Waals surface area contributed by atoms with Crippen molar-refractivity contribution in [1.82, 2.24) is 4.98 Å². The van der Waals surface area contributed by atoms with Crippen molar-refractivity contribution in [1.29, 1.82) is 0 Å². The second kappa shape index (κ2) is 3.81. The molecule has 0 unspecified atom stereocenters. The van der Waals surface area contributed by atoms with Crippen LogP contribution in [-0.4, -0.2) is 23.2 Å². The van der Waals surface area contributed by atoms with Crippen molar-refractivity contribution in [2.45, 2.75) is 19.3 Å². The molecule has 5 heteroatoms. The minimum absolute atomic E-state index is 0.300. The Morgan fingerprint density at radius 2 is 2.27 bits per heavy atom. The van der Waals surface area contributed by atoms with Gasteiger partial charge in [-0.2, -0.15) is 0 Å². The molecule has 1 heterocycles. The van der Waals surface area contributed by atoms with E-state index in [4.69, 9.17) is 9.84 Å². The molecule has 2 rings (SSSR count). The van der Waals surface area contributed by atoms with Crippen molar-refractivity contribution in [3.8, 4) is 5.88 Å². The molecular weight excluding hydrogens is 262 g/mol. The highest BCUT2D eigenvalue weighted by Crippen LogP contribution is 2.35. The van der Waals surface area contributed by atoms with Gasteiger partial charge < -0.3 is 9.84 Å². The number of methoxy groups -OCH3 is 1. The highest BCUT2D eigenvalue weighted by molar-refractivity contribution is 9.10. The molecule has 1 aliphatic rings. The Morgan fingerprint density at radius 1 is 1.53 bits per heavy atom. The van der Waals surface area contributed by atoms with Crippen LogP contribution in [0.5, 0.6) is 5.88 Å². The SMILES string of the molecule is COc1nc2c(c(C(=O)O)c1Br)CCC2. The van der Waals surface area contributed by atoms with Gasteiger partial charge >= 0.3 is 5.97 Å². The third-order valence-electron chi connectivity index (χ3n) is 2.54. The van der Waals surface area contributed by atoms with Crippen LogP contribution in [0.4, 0.5) is 0 Å². The van der Waals surface area contributed by atoms with E-state index < -0.39 is 5.97 Å². The Morgan fingerprint density at radius 3 is 2.87 bits per heavy atom. The Kier molecular flexibility index (Phi) is 2.65. The number of halogens is 1. The molecular formula is C10H10BrNO3. The van der Waals surface area contributed by atoms with E-state index in [1.165, 1.54) is 7.11 Å². The van der Waals surface area contributed by atoms with Crippen LogP contribution < -0.4 is 4.74 Å². The number of hydrogen-bond donors (Lipinski definition) is 1. The monoisotopic (exact) mass is 271 g/mol. The Labute approximate surface area is 95.4 Å². The summed E-state index contributed by atoms with van der Waals surface area (Å²) < 4.78 is 5.48. The zero-order valence-corrected chi connectivity index (χ0v) is 9.80. The first-order valence-electron chi connectivity index (χ1n) is 4.63. The fraction of sp³-hybridized carbons (Fsp3) is 0.400.